The molecule has 146 valence electrons. The second-order valence-corrected chi connectivity index (χ2v) is 8.07. The van der Waals surface area contributed by atoms with Gasteiger partial charge < -0.3 is 10.2 Å². The summed E-state index contributed by atoms with van der Waals surface area (Å²) in [4.78, 5) is 32.1. The minimum atomic E-state index is -0.527. The minimum absolute atomic E-state index is 0.116. The Morgan fingerprint density at radius 2 is 2.00 bits per heavy atom. The number of pyridine rings is 1. The molecule has 6 heteroatoms. The van der Waals surface area contributed by atoms with Crippen LogP contribution < -0.4 is 5.32 Å². The molecule has 2 aliphatic rings. The third-order valence-corrected chi connectivity index (χ3v) is 6.17. The van der Waals surface area contributed by atoms with Crippen LogP contribution in [0.25, 0.3) is 0 Å². The van der Waals surface area contributed by atoms with Crippen LogP contribution in [0.2, 0.25) is 5.02 Å². The summed E-state index contributed by atoms with van der Waals surface area (Å²) in [5.41, 5.74) is 1.42. The maximum Gasteiger partial charge on any atom is 0.255 e. The highest BCUT2D eigenvalue weighted by atomic mass is 35.5. The van der Waals surface area contributed by atoms with Crippen LogP contribution in [0, 0.1) is 5.92 Å². The third-order valence-electron chi connectivity index (χ3n) is 5.81. The maximum absolute atomic E-state index is 13.2. The Hall–Kier alpha value is -2.40. The minimum Gasteiger partial charge on any atom is -0.322 e. The van der Waals surface area contributed by atoms with Crippen molar-refractivity contribution in [2.75, 3.05) is 5.32 Å². The molecule has 1 aromatic heterocycles. The zero-order chi connectivity index (χ0) is 19.5. The van der Waals surface area contributed by atoms with E-state index in [1.807, 2.05) is 6.07 Å². The molecular formula is C22H24ClN3O2. The molecule has 1 fully saturated rings. The first-order chi connectivity index (χ1) is 13.6. The number of rotatable bonds is 5. The summed E-state index contributed by atoms with van der Waals surface area (Å²) in [6.07, 6.45) is 8.19. The Labute approximate surface area is 170 Å². The topological polar surface area (TPSA) is 62.3 Å². The van der Waals surface area contributed by atoms with Gasteiger partial charge >= 0.3 is 0 Å². The molecule has 1 aromatic carbocycles. The van der Waals surface area contributed by atoms with Crippen molar-refractivity contribution in [3.8, 4) is 0 Å². The molecule has 1 aliphatic carbocycles. The Bertz CT molecular complexity index is 865. The van der Waals surface area contributed by atoms with E-state index in [0.29, 0.717) is 35.3 Å². The van der Waals surface area contributed by atoms with Crippen LogP contribution in [0.3, 0.4) is 0 Å². The number of aromatic nitrogens is 1. The van der Waals surface area contributed by atoms with Crippen LogP contribution in [0.1, 0.15) is 54.4 Å². The number of amides is 2. The van der Waals surface area contributed by atoms with E-state index < -0.39 is 6.04 Å². The van der Waals surface area contributed by atoms with Crippen molar-refractivity contribution >= 4 is 29.2 Å². The fraction of sp³-hybridized carbons (Fsp3) is 0.409. The number of hydrogen-bond donors (Lipinski definition) is 1. The van der Waals surface area contributed by atoms with Crippen LogP contribution in [0.5, 0.6) is 0 Å². The first kappa shape index (κ1) is 18.9. The molecule has 1 aliphatic heterocycles. The third kappa shape index (κ3) is 3.90. The summed E-state index contributed by atoms with van der Waals surface area (Å²) >= 11 is 6.32. The number of anilines is 1. The summed E-state index contributed by atoms with van der Waals surface area (Å²) in [5, 5.41) is 3.47. The normalized spacial score (nSPS) is 18.0. The van der Waals surface area contributed by atoms with Crippen LogP contribution in [0.4, 0.5) is 5.82 Å². The van der Waals surface area contributed by atoms with Crippen LogP contribution in [-0.4, -0.2) is 27.7 Å². The number of benzene rings is 1. The van der Waals surface area contributed by atoms with Gasteiger partial charge in [0.05, 0.1) is 0 Å². The van der Waals surface area contributed by atoms with Crippen molar-refractivity contribution in [3.63, 3.8) is 0 Å². The fourth-order valence-electron chi connectivity index (χ4n) is 4.33. The van der Waals surface area contributed by atoms with Crippen molar-refractivity contribution in [3.05, 3.63) is 58.7 Å². The molecule has 4 rings (SSSR count). The van der Waals surface area contributed by atoms with Crippen LogP contribution in [-0.2, 0) is 11.3 Å². The molecule has 2 amide bonds. The van der Waals surface area contributed by atoms with Gasteiger partial charge in [0.25, 0.3) is 5.91 Å². The van der Waals surface area contributed by atoms with E-state index in [9.17, 15) is 9.59 Å². The first-order valence-electron chi connectivity index (χ1n) is 9.93. The Balaban J connectivity index is 1.58. The second-order valence-electron chi connectivity index (χ2n) is 7.66. The van der Waals surface area contributed by atoms with Crippen LogP contribution >= 0.6 is 11.6 Å². The Kier molecular flexibility index (Phi) is 5.62. The average molecular weight is 398 g/mol. The monoisotopic (exact) mass is 397 g/mol. The predicted molar refractivity (Wildman–Crippen MR) is 109 cm³/mol. The molecule has 5 nitrogen and oxygen atoms in total. The fourth-order valence-corrected chi connectivity index (χ4v) is 4.56. The highest BCUT2D eigenvalue weighted by Crippen LogP contribution is 2.34. The standard InChI is InChI=1S/C22H24ClN3O2/c23-18-10-6-9-16-17(18)14-26(22(16)28)19(13-15-7-2-1-3-8-15)21(27)25-20-11-4-5-12-24-20/h4-6,9-12,15,19H,1-3,7-8,13-14H2,(H,24,25,27)/t19-/m0/s1. The summed E-state index contributed by atoms with van der Waals surface area (Å²) in [7, 11) is 0. The van der Waals surface area contributed by atoms with Gasteiger partial charge in [-0.15, -0.1) is 0 Å². The Morgan fingerprint density at radius 1 is 1.18 bits per heavy atom. The molecule has 0 spiro atoms. The van der Waals surface area contributed by atoms with Gasteiger partial charge in [-0.2, -0.15) is 0 Å². The molecule has 0 unspecified atom stereocenters. The molecule has 2 aromatic rings. The molecule has 28 heavy (non-hydrogen) atoms. The van der Waals surface area contributed by atoms with Gasteiger partial charge in [0, 0.05) is 28.9 Å². The number of hydrogen-bond acceptors (Lipinski definition) is 3. The van der Waals surface area contributed by atoms with Crippen molar-refractivity contribution in [2.24, 2.45) is 5.92 Å². The van der Waals surface area contributed by atoms with E-state index in [2.05, 4.69) is 10.3 Å². The van der Waals surface area contributed by atoms with E-state index >= 15 is 0 Å². The number of halogens is 1. The molecular weight excluding hydrogens is 374 g/mol. The number of fused-ring (bicyclic) bond motifs is 1. The maximum atomic E-state index is 13.2. The largest absolute Gasteiger partial charge is 0.322 e. The molecule has 0 saturated heterocycles. The van der Waals surface area contributed by atoms with E-state index in [4.69, 9.17) is 11.6 Å². The van der Waals surface area contributed by atoms with Crippen molar-refractivity contribution in [1.29, 1.82) is 0 Å². The summed E-state index contributed by atoms with van der Waals surface area (Å²) in [6, 6.07) is 10.2. The predicted octanol–water partition coefficient (Wildman–Crippen LogP) is 4.67. The number of carbonyl (C=O) groups excluding carboxylic acids is 2. The summed E-state index contributed by atoms with van der Waals surface area (Å²) < 4.78 is 0. The van der Waals surface area contributed by atoms with Crippen molar-refractivity contribution in [1.82, 2.24) is 9.88 Å². The number of nitrogens with zero attached hydrogens (tertiary/aromatic N) is 2. The van der Waals surface area contributed by atoms with Crippen LogP contribution in [0.15, 0.2) is 42.6 Å². The van der Waals surface area contributed by atoms with E-state index in [0.717, 1.165) is 18.4 Å². The van der Waals surface area contributed by atoms with Crippen molar-refractivity contribution in [2.45, 2.75) is 51.1 Å². The molecule has 1 N–H and O–H groups in total. The van der Waals surface area contributed by atoms with Gasteiger partial charge in [0.2, 0.25) is 5.91 Å². The second kappa shape index (κ2) is 8.31. The lowest BCUT2D eigenvalue weighted by atomic mass is 9.84. The van der Waals surface area contributed by atoms with E-state index in [1.54, 1.807) is 41.4 Å². The zero-order valence-corrected chi connectivity index (χ0v) is 16.5. The lowest BCUT2D eigenvalue weighted by Gasteiger charge is -2.31. The smallest absolute Gasteiger partial charge is 0.255 e. The van der Waals surface area contributed by atoms with E-state index in [1.165, 1.54) is 19.3 Å². The number of carbonyl (C=O) groups is 2. The first-order valence-corrected chi connectivity index (χ1v) is 10.3. The van der Waals surface area contributed by atoms with Gasteiger partial charge in [-0.1, -0.05) is 55.8 Å². The van der Waals surface area contributed by atoms with Gasteiger partial charge in [0.1, 0.15) is 11.9 Å². The van der Waals surface area contributed by atoms with E-state index in [-0.39, 0.29) is 11.8 Å². The van der Waals surface area contributed by atoms with Gasteiger partial charge in [-0.25, -0.2) is 4.98 Å². The number of nitrogens with one attached hydrogen (secondary N) is 1. The Morgan fingerprint density at radius 3 is 2.71 bits per heavy atom. The van der Waals surface area contributed by atoms with Gasteiger partial charge in [-0.05, 0) is 36.6 Å². The molecule has 1 atom stereocenters. The summed E-state index contributed by atoms with van der Waals surface area (Å²) in [6.45, 7) is 0.376. The lowest BCUT2D eigenvalue weighted by molar-refractivity contribution is -0.121. The highest BCUT2D eigenvalue weighted by Gasteiger charge is 2.38. The molecule has 0 bridgehead atoms. The van der Waals surface area contributed by atoms with Crippen molar-refractivity contribution < 1.29 is 9.59 Å². The summed E-state index contributed by atoms with van der Waals surface area (Å²) in [5.74, 6) is 0.666. The molecule has 1 saturated carbocycles. The zero-order valence-electron chi connectivity index (χ0n) is 15.7. The quantitative estimate of drug-likeness (QED) is 0.797. The SMILES string of the molecule is O=C(Nc1ccccn1)[C@H](CC1CCCCC1)N1Cc2c(Cl)cccc2C1=O. The molecule has 0 radical (unpaired) electrons. The molecule has 2 heterocycles. The van der Waals surface area contributed by atoms with Gasteiger partial charge in [0.15, 0.2) is 0 Å². The highest BCUT2D eigenvalue weighted by molar-refractivity contribution is 6.32. The average Bonchev–Trinajstić information content (AvgIpc) is 3.05. The van der Waals surface area contributed by atoms with Gasteiger partial charge in [-0.3, -0.25) is 9.59 Å². The lowest BCUT2D eigenvalue weighted by Crippen LogP contribution is -2.45.